The van der Waals surface area contributed by atoms with E-state index in [2.05, 4.69) is 4.98 Å². The first-order valence-corrected chi connectivity index (χ1v) is 14.6. The first-order chi connectivity index (χ1) is 19.1. The maximum Gasteiger partial charge on any atom is 0.360 e. The summed E-state index contributed by atoms with van der Waals surface area (Å²) in [5.41, 5.74) is 0.732. The number of amidine groups is 1. The highest BCUT2D eigenvalue weighted by Gasteiger charge is 2.33. The second-order valence-corrected chi connectivity index (χ2v) is 12.7. The number of nitrogens with zero attached hydrogens (tertiary/aromatic N) is 3. The van der Waals surface area contributed by atoms with Crippen LogP contribution in [0.15, 0.2) is 52.9 Å². The Kier molecular flexibility index (Phi) is 9.84. The fourth-order valence-corrected chi connectivity index (χ4v) is 6.06. The van der Waals surface area contributed by atoms with E-state index in [1.54, 1.807) is 45.0 Å². The Labute approximate surface area is 241 Å². The zero-order valence-corrected chi connectivity index (χ0v) is 24.8. The molecule has 0 fully saturated rings. The minimum atomic E-state index is -4.47. The molecule has 0 atom stereocenters. The van der Waals surface area contributed by atoms with Crippen LogP contribution >= 0.6 is 11.3 Å². The van der Waals surface area contributed by atoms with Crippen molar-refractivity contribution < 1.29 is 37.1 Å². The number of rotatable bonds is 11. The summed E-state index contributed by atoms with van der Waals surface area (Å²) in [6.45, 7) is 4.79. The van der Waals surface area contributed by atoms with E-state index >= 15 is 4.39 Å². The van der Waals surface area contributed by atoms with Crippen LogP contribution in [0.3, 0.4) is 0 Å². The van der Waals surface area contributed by atoms with E-state index in [1.165, 1.54) is 31.8 Å². The predicted molar refractivity (Wildman–Crippen MR) is 151 cm³/mol. The van der Waals surface area contributed by atoms with Gasteiger partial charge in [0.25, 0.3) is 10.0 Å². The molecule has 0 amide bonds. The molecule has 2 N–H and O–H groups in total. The number of benzene rings is 2. The molecule has 0 aliphatic carbocycles. The molecule has 0 spiro atoms. The second-order valence-electron chi connectivity index (χ2n) is 9.98. The lowest BCUT2D eigenvalue weighted by Crippen LogP contribution is -2.32. The number of hydrogen-bond donors (Lipinski definition) is 2. The Morgan fingerprint density at radius 3 is 2.37 bits per heavy atom. The van der Waals surface area contributed by atoms with Gasteiger partial charge in [0.15, 0.2) is 5.69 Å². The van der Waals surface area contributed by atoms with E-state index < -0.39 is 50.9 Å². The van der Waals surface area contributed by atoms with Gasteiger partial charge in [-0.1, -0.05) is 18.2 Å². The molecule has 2 aromatic carbocycles. The molecule has 0 radical (unpaired) electrons. The molecular weight excluding hydrogens is 575 g/mol. The van der Waals surface area contributed by atoms with Crippen LogP contribution in [-0.4, -0.2) is 61.0 Å². The fraction of sp³-hybridized carbons (Fsp3) is 0.333. The first kappa shape index (κ1) is 31.6. The van der Waals surface area contributed by atoms with Crippen LogP contribution in [0.1, 0.15) is 48.8 Å². The number of hydroxylamine groups is 2. The number of anilines is 1. The molecule has 0 aliphatic rings. The van der Waals surface area contributed by atoms with Gasteiger partial charge in [-0.2, -0.15) is 0 Å². The number of aromatic nitrogens is 1. The van der Waals surface area contributed by atoms with Gasteiger partial charge in [-0.3, -0.25) is 19.7 Å². The van der Waals surface area contributed by atoms with Crippen LogP contribution in [0.25, 0.3) is 0 Å². The predicted octanol–water partition coefficient (Wildman–Crippen LogP) is 4.44. The highest BCUT2D eigenvalue weighted by molar-refractivity contribution is 7.93. The molecule has 11 nitrogen and oxygen atoms in total. The smallest absolute Gasteiger partial charge is 0.360 e. The third-order valence-electron chi connectivity index (χ3n) is 5.61. The number of methoxy groups -OCH3 is 1. The van der Waals surface area contributed by atoms with Crippen LogP contribution < -0.4 is 9.04 Å². The maximum absolute atomic E-state index is 15.1. The molecular formula is C27H31FN4O7S2. The van der Waals surface area contributed by atoms with Gasteiger partial charge in [0.2, 0.25) is 0 Å². The van der Waals surface area contributed by atoms with Crippen LogP contribution in [0.4, 0.5) is 9.39 Å². The van der Waals surface area contributed by atoms with Crippen LogP contribution in [-0.2, 0) is 32.5 Å². The number of ether oxygens (including phenoxy) is 2. The van der Waals surface area contributed by atoms with Crippen molar-refractivity contribution in [2.24, 2.45) is 0 Å². The Hall–Kier alpha value is -3.88. The molecule has 0 unspecified atom stereocenters. The first-order valence-electron chi connectivity index (χ1n) is 12.2. The molecule has 41 heavy (non-hydrogen) atoms. The molecule has 3 aromatic rings. The van der Waals surface area contributed by atoms with Gasteiger partial charge >= 0.3 is 5.97 Å². The van der Waals surface area contributed by atoms with Gasteiger partial charge in [0.05, 0.1) is 30.5 Å². The van der Waals surface area contributed by atoms with Gasteiger partial charge in [-0.15, -0.1) is 11.3 Å². The van der Waals surface area contributed by atoms with Gasteiger partial charge in [-0.05, 0) is 56.2 Å². The van der Waals surface area contributed by atoms with Crippen molar-refractivity contribution >= 4 is 43.9 Å². The Balaban J connectivity index is 2.01. The number of thiazole rings is 1. The number of carbonyl (C=O) groups is 2. The number of hydrogen-bond acceptors (Lipinski definition) is 10. The number of sulfonamides is 1. The molecule has 3 rings (SSSR count). The van der Waals surface area contributed by atoms with E-state index in [-0.39, 0.29) is 28.6 Å². The topological polar surface area (TPSA) is 150 Å². The number of esters is 1. The second kappa shape index (κ2) is 12.7. The van der Waals surface area contributed by atoms with Crippen LogP contribution in [0.2, 0.25) is 0 Å². The van der Waals surface area contributed by atoms with Crippen LogP contribution in [0.5, 0.6) is 5.75 Å². The number of nitrogens with one attached hydrogen (secondary N) is 1. The molecule has 1 heterocycles. The van der Waals surface area contributed by atoms with Gasteiger partial charge in [0.1, 0.15) is 33.8 Å². The Morgan fingerprint density at radius 1 is 1.15 bits per heavy atom. The lowest BCUT2D eigenvalue weighted by Gasteiger charge is -2.25. The summed E-state index contributed by atoms with van der Waals surface area (Å²) in [7, 11) is -1.79. The standard InChI is InChI=1S/C27H31FN4O7S2/c1-27(2,3)39-26(34)24-25(40-16-30-24)32(15-17-6-9-20(38-5)10-7-17)41(36,37)21-11-8-18(22(28)14-21)12-19(33)13-23(29)31(4)35/h6-11,14,16,29,35H,12-13,15H2,1-5H3. The summed E-state index contributed by atoms with van der Waals surface area (Å²) in [6.07, 6.45) is -0.837. The monoisotopic (exact) mass is 606 g/mol. The number of carbonyl (C=O) groups excluding carboxylic acids is 2. The van der Waals surface area contributed by atoms with E-state index in [0.29, 0.717) is 16.4 Å². The quantitative estimate of drug-likeness (QED) is 0.140. The average molecular weight is 607 g/mol. The number of halogens is 1. The van der Waals surface area contributed by atoms with Crippen molar-refractivity contribution in [2.45, 2.75) is 50.7 Å². The molecule has 1 aromatic heterocycles. The van der Waals surface area contributed by atoms with E-state index in [1.807, 2.05) is 0 Å². The highest BCUT2D eigenvalue weighted by Crippen LogP contribution is 2.34. The van der Waals surface area contributed by atoms with E-state index in [0.717, 1.165) is 21.7 Å². The lowest BCUT2D eigenvalue weighted by atomic mass is 10.1. The fourth-order valence-electron chi connectivity index (χ4n) is 3.58. The largest absolute Gasteiger partial charge is 0.497 e. The number of ketones is 1. The molecule has 0 saturated heterocycles. The summed E-state index contributed by atoms with van der Waals surface area (Å²) in [5, 5.41) is 17.3. The zero-order valence-electron chi connectivity index (χ0n) is 23.2. The maximum atomic E-state index is 15.1. The third kappa shape index (κ3) is 8.08. The SMILES string of the molecule is COc1ccc(CN(c2scnc2C(=O)OC(C)(C)C)S(=O)(=O)c2ccc(CC(=O)CC(=N)N(C)O)c(F)c2)cc1. The van der Waals surface area contributed by atoms with E-state index in [4.69, 9.17) is 14.9 Å². The van der Waals surface area contributed by atoms with Gasteiger partial charge in [0, 0.05) is 13.5 Å². The summed E-state index contributed by atoms with van der Waals surface area (Å²) < 4.78 is 54.6. The lowest BCUT2D eigenvalue weighted by molar-refractivity contribution is -0.117. The Morgan fingerprint density at radius 2 is 1.80 bits per heavy atom. The van der Waals surface area contributed by atoms with Crippen molar-refractivity contribution in [3.8, 4) is 5.75 Å². The van der Waals surface area contributed by atoms with Crippen LogP contribution in [0, 0.1) is 11.2 Å². The third-order valence-corrected chi connectivity index (χ3v) is 8.31. The summed E-state index contributed by atoms with van der Waals surface area (Å²) in [5.74, 6) is -2.11. The molecule has 14 heteroatoms. The molecule has 0 saturated carbocycles. The summed E-state index contributed by atoms with van der Waals surface area (Å²) in [4.78, 5) is 28.8. The van der Waals surface area contributed by atoms with E-state index in [9.17, 15) is 23.2 Å². The molecule has 0 bridgehead atoms. The van der Waals surface area contributed by atoms with Crippen molar-refractivity contribution in [1.82, 2.24) is 10.0 Å². The van der Waals surface area contributed by atoms with Gasteiger partial charge < -0.3 is 9.47 Å². The average Bonchev–Trinajstić information content (AvgIpc) is 3.37. The molecule has 220 valence electrons. The van der Waals surface area contributed by atoms with Crippen molar-refractivity contribution in [3.05, 3.63) is 70.6 Å². The number of Topliss-reactive ketones (excluding diaryl/α,β-unsaturated/α-hetero) is 1. The van der Waals surface area contributed by atoms with Gasteiger partial charge in [-0.25, -0.2) is 27.6 Å². The summed E-state index contributed by atoms with van der Waals surface area (Å²) >= 11 is 0.911. The summed E-state index contributed by atoms with van der Waals surface area (Å²) in [6, 6.07) is 9.77. The Bertz CT molecular complexity index is 1530. The molecule has 0 aliphatic heterocycles. The minimum Gasteiger partial charge on any atom is -0.497 e. The normalized spacial score (nSPS) is 11.6. The minimum absolute atomic E-state index is 0.0126. The zero-order chi connectivity index (χ0) is 30.5. The van der Waals surface area contributed by atoms with Crippen molar-refractivity contribution in [3.63, 3.8) is 0 Å². The highest BCUT2D eigenvalue weighted by atomic mass is 32.2. The van der Waals surface area contributed by atoms with Crippen molar-refractivity contribution in [1.29, 1.82) is 5.41 Å². The van der Waals surface area contributed by atoms with Crippen molar-refractivity contribution in [2.75, 3.05) is 18.5 Å².